The molecule has 1 aromatic rings. The summed E-state index contributed by atoms with van der Waals surface area (Å²) in [7, 11) is 1.72. The van der Waals surface area contributed by atoms with Crippen molar-refractivity contribution >= 4 is 11.9 Å². The van der Waals surface area contributed by atoms with Crippen LogP contribution in [0.2, 0.25) is 0 Å². The lowest BCUT2D eigenvalue weighted by Gasteiger charge is -2.37. The lowest BCUT2D eigenvalue weighted by Crippen LogP contribution is -2.51. The van der Waals surface area contributed by atoms with Crippen LogP contribution in [0, 0.1) is 0 Å². The molecule has 0 amide bonds. The lowest BCUT2D eigenvalue weighted by molar-refractivity contribution is 0.0236. The van der Waals surface area contributed by atoms with Crippen molar-refractivity contribution in [2.75, 3.05) is 17.7 Å². The van der Waals surface area contributed by atoms with E-state index in [0.29, 0.717) is 11.9 Å². The van der Waals surface area contributed by atoms with Crippen molar-refractivity contribution in [3.8, 4) is 6.01 Å². The molecule has 0 aliphatic carbocycles. The molecule has 114 valence electrons. The van der Waals surface area contributed by atoms with Gasteiger partial charge in [0.15, 0.2) is 0 Å². The Kier molecular flexibility index (Phi) is 4.75. The van der Waals surface area contributed by atoms with E-state index >= 15 is 0 Å². The van der Waals surface area contributed by atoms with Gasteiger partial charge >= 0.3 is 6.01 Å². The molecule has 0 aliphatic rings. The number of hydrogen-bond donors (Lipinski definition) is 3. The van der Waals surface area contributed by atoms with E-state index in [1.165, 1.54) is 0 Å². The molecule has 7 heteroatoms. The Balaban J connectivity index is 3.06. The van der Waals surface area contributed by atoms with Crippen LogP contribution < -0.4 is 15.4 Å². The topological polar surface area (TPSA) is 92.2 Å². The summed E-state index contributed by atoms with van der Waals surface area (Å²) < 4.78 is 5.49. The number of ether oxygens (including phenoxy) is 1. The maximum absolute atomic E-state index is 10.2. The normalized spacial score (nSPS) is 12.4. The SMILES string of the molecule is CNc1nc(NC(C)(C)C(C)(C)O)nc(OC(C)C)n1. The number of aliphatic hydroxyl groups is 1. The van der Waals surface area contributed by atoms with Gasteiger partial charge in [-0.1, -0.05) is 0 Å². The minimum atomic E-state index is -0.946. The van der Waals surface area contributed by atoms with E-state index in [9.17, 15) is 5.11 Å². The average Bonchev–Trinajstić information content (AvgIpc) is 2.25. The molecule has 3 N–H and O–H groups in total. The lowest BCUT2D eigenvalue weighted by atomic mass is 9.86. The van der Waals surface area contributed by atoms with Gasteiger partial charge in [-0.05, 0) is 41.5 Å². The molecule has 1 heterocycles. The second-order valence-corrected chi connectivity index (χ2v) is 5.99. The highest BCUT2D eigenvalue weighted by atomic mass is 16.5. The molecule has 0 aliphatic heterocycles. The summed E-state index contributed by atoms with van der Waals surface area (Å²) in [6.45, 7) is 11.0. The maximum Gasteiger partial charge on any atom is 0.323 e. The van der Waals surface area contributed by atoms with E-state index in [1.807, 2.05) is 27.7 Å². The summed E-state index contributed by atoms with van der Waals surface area (Å²) in [5.74, 6) is 0.761. The first-order valence-electron chi connectivity index (χ1n) is 6.66. The molecule has 0 fully saturated rings. The fraction of sp³-hybridized carbons (Fsp3) is 0.769. The minimum absolute atomic E-state index is 0.0303. The van der Waals surface area contributed by atoms with Crippen LogP contribution in [0.4, 0.5) is 11.9 Å². The first kappa shape index (κ1) is 16.4. The molecule has 20 heavy (non-hydrogen) atoms. The van der Waals surface area contributed by atoms with Gasteiger partial charge in [0.05, 0.1) is 17.2 Å². The predicted molar refractivity (Wildman–Crippen MR) is 79.1 cm³/mol. The Morgan fingerprint density at radius 2 is 1.60 bits per heavy atom. The van der Waals surface area contributed by atoms with Gasteiger partial charge in [-0.15, -0.1) is 0 Å². The van der Waals surface area contributed by atoms with Crippen LogP contribution in [0.5, 0.6) is 6.01 Å². The average molecular weight is 283 g/mol. The van der Waals surface area contributed by atoms with Gasteiger partial charge in [-0.3, -0.25) is 0 Å². The summed E-state index contributed by atoms with van der Waals surface area (Å²) >= 11 is 0. The van der Waals surface area contributed by atoms with Crippen LogP contribution in [-0.4, -0.2) is 44.4 Å². The molecule has 1 aromatic heterocycles. The van der Waals surface area contributed by atoms with E-state index in [0.717, 1.165) is 0 Å². The first-order chi connectivity index (χ1) is 9.05. The molecule has 0 saturated heterocycles. The fourth-order valence-electron chi connectivity index (χ4n) is 1.22. The number of hydrogen-bond acceptors (Lipinski definition) is 7. The minimum Gasteiger partial charge on any atom is -0.461 e. The van der Waals surface area contributed by atoms with E-state index in [-0.39, 0.29) is 12.1 Å². The highest BCUT2D eigenvalue weighted by Crippen LogP contribution is 2.25. The fourth-order valence-corrected chi connectivity index (χ4v) is 1.22. The summed E-state index contributed by atoms with van der Waals surface area (Å²) in [6, 6.07) is 0.244. The van der Waals surface area contributed by atoms with Crippen molar-refractivity contribution in [3.63, 3.8) is 0 Å². The van der Waals surface area contributed by atoms with Crippen molar-refractivity contribution < 1.29 is 9.84 Å². The quantitative estimate of drug-likeness (QED) is 0.731. The van der Waals surface area contributed by atoms with Gasteiger partial charge in [0.1, 0.15) is 0 Å². The smallest absolute Gasteiger partial charge is 0.323 e. The van der Waals surface area contributed by atoms with Crippen LogP contribution in [0.25, 0.3) is 0 Å². The summed E-state index contributed by atoms with van der Waals surface area (Å²) in [5.41, 5.74) is -1.56. The third-order valence-corrected chi connectivity index (χ3v) is 3.13. The molecular formula is C13H25N5O2. The molecule has 0 atom stereocenters. The highest BCUT2D eigenvalue weighted by molar-refractivity contribution is 5.38. The highest BCUT2D eigenvalue weighted by Gasteiger charge is 2.35. The zero-order chi connectivity index (χ0) is 15.6. The summed E-state index contributed by atoms with van der Waals surface area (Å²) in [6.07, 6.45) is -0.0303. The number of nitrogens with zero attached hydrogens (tertiary/aromatic N) is 3. The molecule has 7 nitrogen and oxygen atoms in total. The number of aromatic nitrogens is 3. The predicted octanol–water partition coefficient (Wildman–Crippen LogP) is 1.66. The third kappa shape index (κ3) is 4.19. The third-order valence-electron chi connectivity index (χ3n) is 3.13. The van der Waals surface area contributed by atoms with E-state index < -0.39 is 11.1 Å². The zero-order valence-electron chi connectivity index (χ0n) is 13.3. The summed E-state index contributed by atoms with van der Waals surface area (Å²) in [5, 5.41) is 16.1. The largest absolute Gasteiger partial charge is 0.461 e. The molecule has 0 bridgehead atoms. The van der Waals surface area contributed by atoms with Crippen LogP contribution in [0.1, 0.15) is 41.5 Å². The molecule has 1 rings (SSSR count). The van der Waals surface area contributed by atoms with E-state index in [2.05, 4.69) is 25.6 Å². The maximum atomic E-state index is 10.2. The van der Waals surface area contributed by atoms with Gasteiger partial charge in [0.25, 0.3) is 0 Å². The molecule has 0 aromatic carbocycles. The molecule has 0 unspecified atom stereocenters. The molecule has 0 spiro atoms. The van der Waals surface area contributed by atoms with Gasteiger partial charge in [0, 0.05) is 7.05 Å². The van der Waals surface area contributed by atoms with Gasteiger partial charge in [0.2, 0.25) is 11.9 Å². The summed E-state index contributed by atoms with van der Waals surface area (Å²) in [4.78, 5) is 12.6. The second-order valence-electron chi connectivity index (χ2n) is 5.99. The second kappa shape index (κ2) is 5.78. The Morgan fingerprint density at radius 3 is 2.05 bits per heavy atom. The monoisotopic (exact) mass is 283 g/mol. The van der Waals surface area contributed by atoms with Crippen LogP contribution in [0.3, 0.4) is 0 Å². The molecule has 0 saturated carbocycles. The first-order valence-corrected chi connectivity index (χ1v) is 6.66. The van der Waals surface area contributed by atoms with Gasteiger partial charge in [-0.25, -0.2) is 0 Å². The Labute approximate surface area is 120 Å². The van der Waals surface area contributed by atoms with Crippen LogP contribution in [0.15, 0.2) is 0 Å². The number of rotatable bonds is 6. The van der Waals surface area contributed by atoms with Gasteiger partial charge in [-0.2, -0.15) is 15.0 Å². The Bertz CT molecular complexity index is 455. The van der Waals surface area contributed by atoms with Crippen LogP contribution >= 0.6 is 0 Å². The molecule has 0 radical (unpaired) electrons. The standard InChI is InChI=1S/C13H25N5O2/c1-8(2)20-11-16-9(14-7)15-10(17-11)18-12(3,4)13(5,6)19/h8,19H,1-7H3,(H2,14,15,16,17,18). The zero-order valence-corrected chi connectivity index (χ0v) is 13.3. The Hall–Kier alpha value is -1.63. The number of anilines is 2. The number of nitrogens with one attached hydrogen (secondary N) is 2. The van der Waals surface area contributed by atoms with Crippen molar-refractivity contribution in [2.45, 2.75) is 58.8 Å². The van der Waals surface area contributed by atoms with E-state index in [1.54, 1.807) is 20.9 Å². The van der Waals surface area contributed by atoms with Crippen molar-refractivity contribution in [3.05, 3.63) is 0 Å². The van der Waals surface area contributed by atoms with E-state index in [4.69, 9.17) is 4.74 Å². The van der Waals surface area contributed by atoms with Crippen molar-refractivity contribution in [2.24, 2.45) is 0 Å². The van der Waals surface area contributed by atoms with Crippen molar-refractivity contribution in [1.29, 1.82) is 0 Å². The van der Waals surface area contributed by atoms with Crippen molar-refractivity contribution in [1.82, 2.24) is 15.0 Å². The van der Waals surface area contributed by atoms with Gasteiger partial charge < -0.3 is 20.5 Å². The Morgan fingerprint density at radius 1 is 1.05 bits per heavy atom. The van der Waals surface area contributed by atoms with Crippen LogP contribution in [-0.2, 0) is 0 Å². The molecular weight excluding hydrogens is 258 g/mol.